The number of benzene rings is 1. The number of carbonyl (C=O) groups is 1. The molecule has 4 heteroatoms. The molecule has 0 radical (unpaired) electrons. The number of aliphatic hydroxyl groups is 1. The molecule has 21 heavy (non-hydrogen) atoms. The molecule has 1 aromatic rings. The Labute approximate surface area is 131 Å². The van der Waals surface area contributed by atoms with Gasteiger partial charge in [-0.15, -0.1) is 0 Å². The first-order chi connectivity index (χ1) is 9.93. The maximum Gasteiger partial charge on any atom is 0.249 e. The second kappa shape index (κ2) is 6.63. The molecular formula is C17H22ClNO2. The van der Waals surface area contributed by atoms with Crippen LogP contribution in [0.3, 0.4) is 0 Å². The van der Waals surface area contributed by atoms with Crippen molar-refractivity contribution in [1.82, 2.24) is 4.90 Å². The van der Waals surface area contributed by atoms with Gasteiger partial charge in [0.2, 0.25) is 5.91 Å². The third kappa shape index (κ3) is 4.08. The molecule has 1 aliphatic heterocycles. The third-order valence-electron chi connectivity index (χ3n) is 4.04. The highest BCUT2D eigenvalue weighted by Crippen LogP contribution is 2.29. The highest BCUT2D eigenvalue weighted by atomic mass is 35.5. The van der Waals surface area contributed by atoms with Crippen LogP contribution in [0.1, 0.15) is 32.3 Å². The van der Waals surface area contributed by atoms with Crippen LogP contribution in [0.15, 0.2) is 29.8 Å². The van der Waals surface area contributed by atoms with E-state index in [4.69, 9.17) is 11.6 Å². The number of piperidine rings is 1. The quantitative estimate of drug-likeness (QED) is 0.870. The molecular weight excluding hydrogens is 286 g/mol. The van der Waals surface area contributed by atoms with E-state index in [0.29, 0.717) is 17.1 Å². The average molecular weight is 308 g/mol. The Kier molecular flexibility index (Phi) is 5.07. The van der Waals surface area contributed by atoms with E-state index >= 15 is 0 Å². The molecule has 1 aliphatic rings. The van der Waals surface area contributed by atoms with Crippen LogP contribution in [0.25, 0.3) is 6.08 Å². The lowest BCUT2D eigenvalue weighted by atomic mass is 9.82. The Morgan fingerprint density at radius 3 is 2.71 bits per heavy atom. The molecule has 0 aliphatic carbocycles. The van der Waals surface area contributed by atoms with Gasteiger partial charge in [-0.05, 0) is 43.5 Å². The molecule has 0 aromatic heterocycles. The minimum absolute atomic E-state index is 0.0457. The molecule has 114 valence electrons. The van der Waals surface area contributed by atoms with Gasteiger partial charge in [-0.1, -0.05) is 30.7 Å². The molecule has 1 saturated heterocycles. The zero-order chi connectivity index (χ0) is 15.5. The van der Waals surface area contributed by atoms with E-state index in [0.717, 1.165) is 24.9 Å². The zero-order valence-corrected chi connectivity index (χ0v) is 13.4. The third-order valence-corrected chi connectivity index (χ3v) is 4.29. The van der Waals surface area contributed by atoms with Crippen molar-refractivity contribution in [2.24, 2.45) is 5.41 Å². The number of hydrogen-bond acceptors (Lipinski definition) is 2. The van der Waals surface area contributed by atoms with E-state index < -0.39 is 0 Å². The Morgan fingerprint density at radius 1 is 1.43 bits per heavy atom. The van der Waals surface area contributed by atoms with Gasteiger partial charge in [0, 0.05) is 29.1 Å². The highest BCUT2D eigenvalue weighted by molar-refractivity contribution is 6.30. The maximum absolute atomic E-state index is 12.5. The van der Waals surface area contributed by atoms with Crippen molar-refractivity contribution >= 4 is 23.6 Å². The SMILES string of the molecule is C/C(=C/c1ccc(Cl)cc1)C(=O)N1CCCC(C)(CO)C1. The largest absolute Gasteiger partial charge is 0.396 e. The summed E-state index contributed by atoms with van der Waals surface area (Å²) in [7, 11) is 0. The summed E-state index contributed by atoms with van der Waals surface area (Å²) in [6.07, 6.45) is 3.79. The van der Waals surface area contributed by atoms with Gasteiger partial charge in [-0.2, -0.15) is 0 Å². The van der Waals surface area contributed by atoms with E-state index in [1.807, 2.05) is 49.1 Å². The van der Waals surface area contributed by atoms with Crippen molar-refractivity contribution in [1.29, 1.82) is 0 Å². The number of amides is 1. The highest BCUT2D eigenvalue weighted by Gasteiger charge is 2.32. The topological polar surface area (TPSA) is 40.5 Å². The summed E-state index contributed by atoms with van der Waals surface area (Å²) in [4.78, 5) is 14.4. The van der Waals surface area contributed by atoms with Crippen LogP contribution < -0.4 is 0 Å². The summed E-state index contributed by atoms with van der Waals surface area (Å²) in [6, 6.07) is 7.42. The van der Waals surface area contributed by atoms with Crippen molar-refractivity contribution in [3.8, 4) is 0 Å². The van der Waals surface area contributed by atoms with E-state index in [1.54, 1.807) is 0 Å². The number of aliphatic hydroxyl groups excluding tert-OH is 1. The van der Waals surface area contributed by atoms with Gasteiger partial charge in [0.1, 0.15) is 0 Å². The van der Waals surface area contributed by atoms with Crippen LogP contribution in [0, 0.1) is 5.41 Å². The number of nitrogens with zero attached hydrogens (tertiary/aromatic N) is 1. The number of rotatable bonds is 3. The first kappa shape index (κ1) is 16.1. The van der Waals surface area contributed by atoms with Gasteiger partial charge in [0.05, 0.1) is 6.61 Å². The first-order valence-corrected chi connectivity index (χ1v) is 7.65. The van der Waals surface area contributed by atoms with Crippen LogP contribution in [-0.2, 0) is 4.79 Å². The van der Waals surface area contributed by atoms with Crippen LogP contribution in [0.5, 0.6) is 0 Å². The molecule has 1 N–H and O–H groups in total. The van der Waals surface area contributed by atoms with Gasteiger partial charge in [0.15, 0.2) is 0 Å². The van der Waals surface area contributed by atoms with Crippen molar-refractivity contribution in [3.63, 3.8) is 0 Å². The number of likely N-dealkylation sites (tertiary alicyclic amines) is 1. The summed E-state index contributed by atoms with van der Waals surface area (Å²) in [5.41, 5.74) is 1.50. The van der Waals surface area contributed by atoms with Gasteiger partial charge in [-0.3, -0.25) is 4.79 Å². The number of carbonyl (C=O) groups excluding carboxylic acids is 1. The summed E-state index contributed by atoms with van der Waals surface area (Å²) in [5.74, 6) is 0.0457. The lowest BCUT2D eigenvalue weighted by molar-refractivity contribution is -0.130. The van der Waals surface area contributed by atoms with Crippen molar-refractivity contribution in [2.45, 2.75) is 26.7 Å². The summed E-state index contributed by atoms with van der Waals surface area (Å²) in [5, 5.41) is 10.2. The molecule has 1 amide bonds. The zero-order valence-electron chi connectivity index (χ0n) is 12.6. The minimum atomic E-state index is -0.172. The second-order valence-electron chi connectivity index (χ2n) is 6.18. The maximum atomic E-state index is 12.5. The van der Waals surface area contributed by atoms with Crippen molar-refractivity contribution < 1.29 is 9.90 Å². The number of hydrogen-bond donors (Lipinski definition) is 1. The van der Waals surface area contributed by atoms with Crippen LogP contribution in [0.2, 0.25) is 5.02 Å². The van der Waals surface area contributed by atoms with Gasteiger partial charge in [-0.25, -0.2) is 0 Å². The molecule has 0 saturated carbocycles. The molecule has 2 rings (SSSR count). The van der Waals surface area contributed by atoms with Crippen LogP contribution in [-0.4, -0.2) is 35.6 Å². The molecule has 1 unspecified atom stereocenters. The molecule has 1 heterocycles. The van der Waals surface area contributed by atoms with E-state index in [-0.39, 0.29) is 17.9 Å². The Balaban J connectivity index is 2.10. The van der Waals surface area contributed by atoms with E-state index in [9.17, 15) is 9.90 Å². The molecule has 3 nitrogen and oxygen atoms in total. The Hall–Kier alpha value is -1.32. The van der Waals surface area contributed by atoms with E-state index in [2.05, 4.69) is 0 Å². The fraction of sp³-hybridized carbons (Fsp3) is 0.471. The standard InChI is InChI=1S/C17H22ClNO2/c1-13(10-14-4-6-15(18)7-5-14)16(21)19-9-3-8-17(2,11-19)12-20/h4-7,10,20H,3,8-9,11-12H2,1-2H3/b13-10-. The van der Waals surface area contributed by atoms with Gasteiger partial charge in [0.25, 0.3) is 0 Å². The summed E-state index contributed by atoms with van der Waals surface area (Å²) in [6.45, 7) is 5.37. The Bertz CT molecular complexity index is 538. The summed E-state index contributed by atoms with van der Waals surface area (Å²) >= 11 is 5.86. The first-order valence-electron chi connectivity index (χ1n) is 7.27. The minimum Gasteiger partial charge on any atom is -0.396 e. The monoisotopic (exact) mass is 307 g/mol. The molecule has 0 spiro atoms. The fourth-order valence-electron chi connectivity index (χ4n) is 2.74. The normalized spacial score (nSPS) is 23.2. The molecule has 1 aromatic carbocycles. The molecule has 1 fully saturated rings. The smallest absolute Gasteiger partial charge is 0.249 e. The number of halogens is 1. The average Bonchev–Trinajstić information content (AvgIpc) is 2.49. The van der Waals surface area contributed by atoms with Crippen LogP contribution >= 0.6 is 11.6 Å². The van der Waals surface area contributed by atoms with Gasteiger partial charge < -0.3 is 10.0 Å². The van der Waals surface area contributed by atoms with Crippen molar-refractivity contribution in [2.75, 3.05) is 19.7 Å². The molecule has 1 atom stereocenters. The summed E-state index contributed by atoms with van der Waals surface area (Å²) < 4.78 is 0. The second-order valence-corrected chi connectivity index (χ2v) is 6.61. The lowest BCUT2D eigenvalue weighted by Crippen LogP contribution is -2.46. The van der Waals surface area contributed by atoms with E-state index in [1.165, 1.54) is 0 Å². The Morgan fingerprint density at radius 2 is 2.10 bits per heavy atom. The van der Waals surface area contributed by atoms with Gasteiger partial charge >= 0.3 is 0 Å². The predicted molar refractivity (Wildman–Crippen MR) is 86.1 cm³/mol. The van der Waals surface area contributed by atoms with Crippen LogP contribution in [0.4, 0.5) is 0 Å². The fourth-order valence-corrected chi connectivity index (χ4v) is 2.86. The molecule has 0 bridgehead atoms. The lowest BCUT2D eigenvalue weighted by Gasteiger charge is -2.39. The predicted octanol–water partition coefficient (Wildman–Crippen LogP) is 3.36. The van der Waals surface area contributed by atoms with Crippen molar-refractivity contribution in [3.05, 3.63) is 40.4 Å².